The van der Waals surface area contributed by atoms with Gasteiger partial charge in [-0.15, -0.1) is 0 Å². The highest BCUT2D eigenvalue weighted by atomic mass is 16.6. The number of carbonyl (C=O) groups is 2. The minimum absolute atomic E-state index is 0.00328. The second-order valence-electron chi connectivity index (χ2n) is 6.99. The van der Waals surface area contributed by atoms with Crippen LogP contribution in [0.4, 0.5) is 11.4 Å². The SMILES string of the molecule is Cc1cc(C)cc(Oc2cc(NC(=O)CCn3cc(C(=O)O)cn3)cc([N+](=O)[O-])c2)c1. The number of carboxylic acid groups (broad SMARTS) is 1. The van der Waals surface area contributed by atoms with Gasteiger partial charge in [0, 0.05) is 31.3 Å². The van der Waals surface area contributed by atoms with Crippen molar-refractivity contribution in [3.63, 3.8) is 0 Å². The molecule has 0 unspecified atom stereocenters. The number of nitrogens with zero attached hydrogens (tertiary/aromatic N) is 3. The Hall–Kier alpha value is -4.21. The molecular weight excluding hydrogens is 404 g/mol. The van der Waals surface area contributed by atoms with Gasteiger partial charge < -0.3 is 15.2 Å². The number of aryl methyl sites for hydroxylation is 3. The molecular formula is C21H20N4O6. The molecule has 10 nitrogen and oxygen atoms in total. The molecule has 2 N–H and O–H groups in total. The van der Waals surface area contributed by atoms with Crippen molar-refractivity contribution in [2.24, 2.45) is 0 Å². The Balaban J connectivity index is 1.72. The third-order valence-corrected chi connectivity index (χ3v) is 4.26. The van der Waals surface area contributed by atoms with Gasteiger partial charge in [0.1, 0.15) is 11.5 Å². The van der Waals surface area contributed by atoms with E-state index in [9.17, 15) is 19.7 Å². The molecule has 0 aliphatic rings. The van der Waals surface area contributed by atoms with E-state index in [0.29, 0.717) is 5.75 Å². The predicted octanol–water partition coefficient (Wildman–Crippen LogP) is 3.93. The summed E-state index contributed by atoms with van der Waals surface area (Å²) in [4.78, 5) is 33.9. The summed E-state index contributed by atoms with van der Waals surface area (Å²) in [5, 5.41) is 26.7. The predicted molar refractivity (Wildman–Crippen MR) is 112 cm³/mol. The van der Waals surface area contributed by atoms with E-state index in [1.165, 1.54) is 35.3 Å². The van der Waals surface area contributed by atoms with Crippen molar-refractivity contribution in [3.05, 3.63) is 75.6 Å². The number of anilines is 1. The molecule has 0 fully saturated rings. The first-order valence-electron chi connectivity index (χ1n) is 9.31. The summed E-state index contributed by atoms with van der Waals surface area (Å²) in [5.41, 5.74) is 1.98. The summed E-state index contributed by atoms with van der Waals surface area (Å²) in [7, 11) is 0. The molecule has 1 aromatic heterocycles. The monoisotopic (exact) mass is 424 g/mol. The lowest BCUT2D eigenvalue weighted by Crippen LogP contribution is -2.15. The minimum Gasteiger partial charge on any atom is -0.478 e. The summed E-state index contributed by atoms with van der Waals surface area (Å²) < 4.78 is 7.12. The molecule has 0 aliphatic carbocycles. The normalized spacial score (nSPS) is 10.5. The number of aromatic carboxylic acids is 1. The van der Waals surface area contributed by atoms with Crippen molar-refractivity contribution < 1.29 is 24.4 Å². The van der Waals surface area contributed by atoms with Gasteiger partial charge >= 0.3 is 5.97 Å². The summed E-state index contributed by atoms with van der Waals surface area (Å²) in [6, 6.07) is 9.61. The fourth-order valence-electron chi connectivity index (χ4n) is 2.98. The quantitative estimate of drug-likeness (QED) is 0.413. The molecule has 1 heterocycles. The molecule has 160 valence electrons. The highest BCUT2D eigenvalue weighted by molar-refractivity contribution is 5.91. The lowest BCUT2D eigenvalue weighted by Gasteiger charge is -2.11. The number of nitro benzene ring substituents is 1. The first kappa shape index (κ1) is 21.5. The molecule has 0 saturated heterocycles. The lowest BCUT2D eigenvalue weighted by atomic mass is 10.1. The molecule has 0 bridgehead atoms. The summed E-state index contributed by atoms with van der Waals surface area (Å²) >= 11 is 0. The third kappa shape index (κ3) is 5.89. The van der Waals surface area contributed by atoms with Crippen LogP contribution in [0.1, 0.15) is 27.9 Å². The number of non-ortho nitro benzene ring substituents is 1. The van der Waals surface area contributed by atoms with Crippen molar-refractivity contribution in [3.8, 4) is 11.5 Å². The average Bonchev–Trinajstić information content (AvgIpc) is 3.15. The van der Waals surface area contributed by atoms with Gasteiger partial charge in [-0.05, 0) is 37.1 Å². The van der Waals surface area contributed by atoms with E-state index in [2.05, 4.69) is 10.4 Å². The van der Waals surface area contributed by atoms with Crippen LogP contribution < -0.4 is 10.1 Å². The van der Waals surface area contributed by atoms with Crippen LogP contribution in [-0.4, -0.2) is 31.7 Å². The fraction of sp³-hybridized carbons (Fsp3) is 0.190. The van der Waals surface area contributed by atoms with Gasteiger partial charge in [-0.1, -0.05) is 6.07 Å². The second kappa shape index (κ2) is 9.08. The molecule has 31 heavy (non-hydrogen) atoms. The van der Waals surface area contributed by atoms with Crippen molar-refractivity contribution in [1.29, 1.82) is 0 Å². The second-order valence-corrected chi connectivity index (χ2v) is 6.99. The van der Waals surface area contributed by atoms with Crippen LogP contribution in [0.25, 0.3) is 0 Å². The Morgan fingerprint density at radius 3 is 2.42 bits per heavy atom. The molecule has 0 radical (unpaired) electrons. The summed E-state index contributed by atoms with van der Waals surface area (Å²) in [5.74, 6) is -0.773. The maximum Gasteiger partial charge on any atom is 0.338 e. The van der Waals surface area contributed by atoms with Gasteiger partial charge in [0.2, 0.25) is 5.91 Å². The minimum atomic E-state index is -1.11. The number of carbonyl (C=O) groups excluding carboxylic acids is 1. The van der Waals surface area contributed by atoms with Gasteiger partial charge in [0.15, 0.2) is 0 Å². The van der Waals surface area contributed by atoms with Crippen LogP contribution in [0.3, 0.4) is 0 Å². The van der Waals surface area contributed by atoms with Crippen molar-refractivity contribution in [2.45, 2.75) is 26.8 Å². The van der Waals surface area contributed by atoms with Crippen molar-refractivity contribution in [2.75, 3.05) is 5.32 Å². The van der Waals surface area contributed by atoms with Gasteiger partial charge in [-0.3, -0.25) is 19.6 Å². The van der Waals surface area contributed by atoms with E-state index >= 15 is 0 Å². The first-order chi connectivity index (χ1) is 14.7. The van der Waals surface area contributed by atoms with Crippen LogP contribution in [0, 0.1) is 24.0 Å². The molecule has 0 atom stereocenters. The maximum absolute atomic E-state index is 12.3. The van der Waals surface area contributed by atoms with Gasteiger partial charge in [-0.2, -0.15) is 5.10 Å². The smallest absolute Gasteiger partial charge is 0.338 e. The molecule has 3 rings (SSSR count). The molecule has 1 amide bonds. The number of hydrogen-bond donors (Lipinski definition) is 2. The van der Waals surface area contributed by atoms with Crippen LogP contribution in [0.15, 0.2) is 48.8 Å². The van der Waals surface area contributed by atoms with E-state index < -0.39 is 16.8 Å². The maximum atomic E-state index is 12.3. The number of amides is 1. The Morgan fingerprint density at radius 2 is 1.81 bits per heavy atom. The Kier molecular flexibility index (Phi) is 6.29. The molecule has 2 aromatic carbocycles. The molecule has 0 saturated carbocycles. The third-order valence-electron chi connectivity index (χ3n) is 4.26. The Bertz CT molecular complexity index is 1130. The zero-order valence-corrected chi connectivity index (χ0v) is 16.9. The number of rotatable bonds is 8. The number of hydrogen-bond acceptors (Lipinski definition) is 6. The number of aromatic nitrogens is 2. The molecule has 0 aliphatic heterocycles. The zero-order valence-electron chi connectivity index (χ0n) is 16.9. The number of nitro groups is 1. The summed E-state index contributed by atoms with van der Waals surface area (Å²) in [6.07, 6.45) is 2.51. The van der Waals surface area contributed by atoms with E-state index in [4.69, 9.17) is 9.84 Å². The number of ether oxygens (including phenoxy) is 1. The number of benzene rings is 2. The lowest BCUT2D eigenvalue weighted by molar-refractivity contribution is -0.384. The Labute approximate surface area is 177 Å². The van der Waals surface area contributed by atoms with Crippen LogP contribution in [0.2, 0.25) is 0 Å². The van der Waals surface area contributed by atoms with Crippen molar-refractivity contribution in [1.82, 2.24) is 9.78 Å². The van der Waals surface area contributed by atoms with Crippen LogP contribution >= 0.6 is 0 Å². The Morgan fingerprint density at radius 1 is 1.13 bits per heavy atom. The topological polar surface area (TPSA) is 137 Å². The molecule has 10 heteroatoms. The highest BCUT2D eigenvalue weighted by Crippen LogP contribution is 2.30. The first-order valence-corrected chi connectivity index (χ1v) is 9.31. The molecule has 0 spiro atoms. The van der Waals surface area contributed by atoms with Gasteiger partial charge in [0.05, 0.1) is 28.4 Å². The van der Waals surface area contributed by atoms with Crippen molar-refractivity contribution >= 4 is 23.3 Å². The van der Waals surface area contributed by atoms with Crippen LogP contribution in [-0.2, 0) is 11.3 Å². The average molecular weight is 424 g/mol. The molecule has 3 aromatic rings. The number of nitrogens with one attached hydrogen (secondary N) is 1. The summed E-state index contributed by atoms with van der Waals surface area (Å²) in [6.45, 7) is 3.98. The highest BCUT2D eigenvalue weighted by Gasteiger charge is 2.14. The number of carboxylic acids is 1. The van der Waals surface area contributed by atoms with E-state index in [1.807, 2.05) is 19.9 Å². The zero-order chi connectivity index (χ0) is 22.5. The standard InChI is InChI=1S/C21H20N4O6/c1-13-5-14(2)7-18(6-13)31-19-9-16(8-17(10-19)25(29)30)23-20(26)3-4-24-12-15(11-22-24)21(27)28/h5-12H,3-4H2,1-2H3,(H,23,26)(H,27,28). The van der Waals surface area contributed by atoms with Gasteiger partial charge in [0.25, 0.3) is 5.69 Å². The fourth-order valence-corrected chi connectivity index (χ4v) is 2.98. The van der Waals surface area contributed by atoms with Gasteiger partial charge in [-0.25, -0.2) is 4.79 Å². The van der Waals surface area contributed by atoms with Crippen LogP contribution in [0.5, 0.6) is 11.5 Å². The van der Waals surface area contributed by atoms with E-state index in [0.717, 1.165) is 11.1 Å². The largest absolute Gasteiger partial charge is 0.478 e. The van der Waals surface area contributed by atoms with E-state index in [-0.39, 0.29) is 35.7 Å². The van der Waals surface area contributed by atoms with E-state index in [1.54, 1.807) is 12.1 Å².